The van der Waals surface area contributed by atoms with Crippen molar-refractivity contribution in [3.05, 3.63) is 0 Å². The Bertz CT molecular complexity index is 410. The average Bonchev–Trinajstić information content (AvgIpc) is 2.42. The fraction of sp³-hybridized carbons (Fsp3) is 0.818. The molecule has 12 heteroatoms. The summed E-state index contributed by atoms with van der Waals surface area (Å²) in [6, 6.07) is -0.812. The van der Waals surface area contributed by atoms with Crippen LogP contribution in [0.15, 0.2) is 0 Å². The van der Waals surface area contributed by atoms with E-state index >= 15 is 0 Å². The van der Waals surface area contributed by atoms with E-state index in [4.69, 9.17) is 21.5 Å². The SMILES string of the molecule is Cl.Cl.N[C@@H](CS)C(=O)N1C[C@@H](CCB(O)O)C[C@](N)(C(=O)O)C1. The number of nitrogens with two attached hydrogens (primary N) is 2. The molecule has 0 radical (unpaired) electrons. The molecule has 1 amide bonds. The van der Waals surface area contributed by atoms with Crippen LogP contribution in [0, 0.1) is 5.92 Å². The summed E-state index contributed by atoms with van der Waals surface area (Å²) in [5.41, 5.74) is 9.99. The maximum Gasteiger partial charge on any atom is 0.451 e. The molecule has 0 aromatic carbocycles. The third-order valence-electron chi connectivity index (χ3n) is 3.69. The van der Waals surface area contributed by atoms with Gasteiger partial charge >= 0.3 is 13.1 Å². The molecular weight excluding hydrogens is 368 g/mol. The quantitative estimate of drug-likeness (QED) is 0.240. The van der Waals surface area contributed by atoms with Gasteiger partial charge in [-0.25, -0.2) is 0 Å². The molecule has 0 aliphatic carbocycles. The van der Waals surface area contributed by atoms with Crippen LogP contribution >= 0.6 is 37.4 Å². The Morgan fingerprint density at radius 3 is 2.39 bits per heavy atom. The Morgan fingerprint density at radius 2 is 1.96 bits per heavy atom. The number of carboxylic acid groups (broad SMARTS) is 1. The van der Waals surface area contributed by atoms with E-state index in [0.717, 1.165) is 0 Å². The number of carbonyl (C=O) groups is 2. The van der Waals surface area contributed by atoms with Gasteiger partial charge < -0.3 is 31.5 Å². The molecule has 0 saturated carbocycles. The summed E-state index contributed by atoms with van der Waals surface area (Å²) < 4.78 is 0. The lowest BCUT2D eigenvalue weighted by Crippen LogP contribution is -2.64. The summed E-state index contributed by atoms with van der Waals surface area (Å²) in [6.45, 7) is 0.195. The fourth-order valence-electron chi connectivity index (χ4n) is 2.57. The number of amides is 1. The number of piperidine rings is 1. The molecule has 1 aliphatic heterocycles. The molecule has 1 saturated heterocycles. The topological polar surface area (TPSA) is 150 Å². The van der Waals surface area contributed by atoms with Crippen LogP contribution in [0.2, 0.25) is 6.32 Å². The third-order valence-corrected chi connectivity index (χ3v) is 4.08. The monoisotopic (exact) mass is 391 g/mol. The van der Waals surface area contributed by atoms with Gasteiger partial charge in [-0.1, -0.05) is 6.42 Å². The average molecular weight is 392 g/mol. The summed E-state index contributed by atoms with van der Waals surface area (Å²) in [7, 11) is -1.47. The first kappa shape index (κ1) is 25.0. The first-order valence-corrected chi connectivity index (χ1v) is 7.36. The predicted molar refractivity (Wildman–Crippen MR) is 95.2 cm³/mol. The molecule has 8 nitrogen and oxygen atoms in total. The van der Waals surface area contributed by atoms with Gasteiger partial charge in [-0.2, -0.15) is 12.6 Å². The van der Waals surface area contributed by atoms with Gasteiger partial charge in [-0.05, 0) is 18.7 Å². The van der Waals surface area contributed by atoms with Crippen molar-refractivity contribution in [2.45, 2.75) is 30.7 Å². The fourth-order valence-corrected chi connectivity index (χ4v) is 2.73. The van der Waals surface area contributed by atoms with Crippen molar-refractivity contribution in [2.75, 3.05) is 18.8 Å². The first-order chi connectivity index (χ1) is 9.69. The van der Waals surface area contributed by atoms with Gasteiger partial charge in [0.15, 0.2) is 0 Å². The molecule has 1 rings (SSSR count). The lowest BCUT2D eigenvalue weighted by atomic mass is 9.75. The van der Waals surface area contributed by atoms with Gasteiger partial charge in [0.2, 0.25) is 5.91 Å². The van der Waals surface area contributed by atoms with Crippen molar-refractivity contribution in [3.8, 4) is 0 Å². The molecule has 0 aromatic heterocycles. The summed E-state index contributed by atoms with van der Waals surface area (Å²) in [4.78, 5) is 24.8. The van der Waals surface area contributed by atoms with Crippen LogP contribution in [0.4, 0.5) is 0 Å². The Hall–Kier alpha value is -0.225. The Labute approximate surface area is 153 Å². The second kappa shape index (κ2) is 10.6. The second-order valence-electron chi connectivity index (χ2n) is 5.60. The number of hydrogen-bond donors (Lipinski definition) is 6. The number of thiol groups is 1. The van der Waals surface area contributed by atoms with E-state index in [1.165, 1.54) is 4.90 Å². The molecule has 0 spiro atoms. The largest absolute Gasteiger partial charge is 0.480 e. The van der Waals surface area contributed by atoms with Gasteiger partial charge in [0.25, 0.3) is 0 Å². The second-order valence-corrected chi connectivity index (χ2v) is 5.96. The van der Waals surface area contributed by atoms with Crippen LogP contribution < -0.4 is 11.5 Å². The highest BCUT2D eigenvalue weighted by Crippen LogP contribution is 2.28. The lowest BCUT2D eigenvalue weighted by molar-refractivity contribution is -0.149. The normalized spacial score (nSPS) is 24.9. The molecule has 0 bridgehead atoms. The molecule has 23 heavy (non-hydrogen) atoms. The van der Waals surface area contributed by atoms with Crippen molar-refractivity contribution >= 4 is 56.4 Å². The lowest BCUT2D eigenvalue weighted by Gasteiger charge is -2.42. The van der Waals surface area contributed by atoms with E-state index in [2.05, 4.69) is 12.6 Å². The molecule has 1 aliphatic rings. The zero-order chi connectivity index (χ0) is 16.2. The number of nitrogens with zero attached hydrogens (tertiary/aromatic N) is 1. The smallest absolute Gasteiger partial charge is 0.451 e. The predicted octanol–water partition coefficient (Wildman–Crippen LogP) is -1.42. The van der Waals surface area contributed by atoms with Gasteiger partial charge in [-0.3, -0.25) is 9.59 Å². The van der Waals surface area contributed by atoms with Gasteiger partial charge in [0.05, 0.1) is 6.04 Å². The van der Waals surface area contributed by atoms with Gasteiger partial charge in [0.1, 0.15) is 5.54 Å². The molecule has 0 unspecified atom stereocenters. The van der Waals surface area contributed by atoms with Crippen molar-refractivity contribution in [1.29, 1.82) is 0 Å². The van der Waals surface area contributed by atoms with Crippen LogP contribution in [0.5, 0.6) is 0 Å². The van der Waals surface area contributed by atoms with Crippen LogP contribution in [-0.2, 0) is 9.59 Å². The van der Waals surface area contributed by atoms with E-state index < -0.39 is 30.6 Å². The van der Waals surface area contributed by atoms with Crippen LogP contribution in [0.3, 0.4) is 0 Å². The zero-order valence-corrected chi connectivity index (χ0v) is 15.0. The summed E-state index contributed by atoms with van der Waals surface area (Å²) in [5.74, 6) is -1.65. The molecule has 0 aromatic rings. The van der Waals surface area contributed by atoms with Crippen molar-refractivity contribution in [1.82, 2.24) is 4.90 Å². The number of hydrogen-bond acceptors (Lipinski definition) is 7. The van der Waals surface area contributed by atoms with Crippen molar-refractivity contribution < 1.29 is 24.7 Å². The van der Waals surface area contributed by atoms with Crippen molar-refractivity contribution in [3.63, 3.8) is 0 Å². The first-order valence-electron chi connectivity index (χ1n) is 6.73. The Kier molecular flexibility index (Phi) is 11.5. The van der Waals surface area contributed by atoms with Crippen LogP contribution in [0.25, 0.3) is 0 Å². The maximum absolute atomic E-state index is 12.1. The minimum atomic E-state index is -1.55. The van der Waals surface area contributed by atoms with Crippen molar-refractivity contribution in [2.24, 2.45) is 17.4 Å². The number of halogens is 2. The molecule has 3 atom stereocenters. The molecule has 7 N–H and O–H groups in total. The number of rotatable bonds is 6. The van der Waals surface area contributed by atoms with Gasteiger partial charge in [-0.15, -0.1) is 24.8 Å². The van der Waals surface area contributed by atoms with E-state index in [1.807, 2.05) is 0 Å². The highest BCUT2D eigenvalue weighted by atomic mass is 35.5. The number of likely N-dealkylation sites (tertiary alicyclic amines) is 1. The molecule has 1 fully saturated rings. The zero-order valence-electron chi connectivity index (χ0n) is 12.5. The van der Waals surface area contributed by atoms with E-state index in [0.29, 0.717) is 13.0 Å². The standard InChI is InChI=1S/C11H22BN3O5S.2ClH/c13-8(5-21)9(16)15-4-7(1-2-12(19)20)3-11(14,6-15)10(17)18;;/h7-8,19-21H,1-6,13-14H2,(H,17,18);2*1H/t7-,8-,11+;;/m0../s1. The van der Waals surface area contributed by atoms with E-state index in [-0.39, 0.29) is 55.8 Å². The Morgan fingerprint density at radius 1 is 1.39 bits per heavy atom. The highest BCUT2D eigenvalue weighted by molar-refractivity contribution is 7.80. The minimum Gasteiger partial charge on any atom is -0.480 e. The van der Waals surface area contributed by atoms with Gasteiger partial charge in [0, 0.05) is 18.8 Å². The third kappa shape index (κ3) is 7.04. The number of carboxylic acids is 1. The summed E-state index contributed by atoms with van der Waals surface area (Å²) in [5, 5.41) is 27.1. The minimum absolute atomic E-state index is 0. The molecular formula is C11H24BCl2N3O5S. The van der Waals surface area contributed by atoms with E-state index in [9.17, 15) is 14.7 Å². The Balaban J connectivity index is 0. The summed E-state index contributed by atoms with van der Waals surface area (Å²) >= 11 is 3.96. The highest BCUT2D eigenvalue weighted by Gasteiger charge is 2.44. The van der Waals surface area contributed by atoms with Crippen LogP contribution in [0.1, 0.15) is 12.8 Å². The summed E-state index contributed by atoms with van der Waals surface area (Å²) in [6.07, 6.45) is 0.639. The number of carbonyl (C=O) groups excluding carboxylic acids is 1. The molecule has 136 valence electrons. The van der Waals surface area contributed by atoms with E-state index in [1.54, 1.807) is 0 Å². The van der Waals surface area contributed by atoms with Crippen LogP contribution in [-0.4, -0.2) is 69.5 Å². The number of aliphatic carboxylic acids is 1. The molecule has 1 heterocycles. The maximum atomic E-state index is 12.1.